The third-order valence-corrected chi connectivity index (χ3v) is 8.07. The molecule has 2 heterocycles. The van der Waals surface area contributed by atoms with Crippen molar-refractivity contribution in [3.8, 4) is 22.6 Å². The van der Waals surface area contributed by atoms with E-state index in [-0.39, 0.29) is 11.7 Å². The van der Waals surface area contributed by atoms with Crippen LogP contribution in [0.4, 0.5) is 10.1 Å². The lowest BCUT2D eigenvalue weighted by Gasteiger charge is -2.30. The van der Waals surface area contributed by atoms with Crippen LogP contribution in [0.2, 0.25) is 5.02 Å². The molecule has 0 aromatic heterocycles. The van der Waals surface area contributed by atoms with Gasteiger partial charge < -0.3 is 24.2 Å². The van der Waals surface area contributed by atoms with Crippen LogP contribution in [0.5, 0.6) is 11.5 Å². The van der Waals surface area contributed by atoms with Gasteiger partial charge in [-0.1, -0.05) is 11.6 Å². The van der Waals surface area contributed by atoms with Crippen LogP contribution in [0, 0.1) is 19.7 Å². The molecule has 3 aromatic carbocycles. The number of hydrogen-bond acceptors (Lipinski definition) is 5. The predicted octanol–water partition coefficient (Wildman–Crippen LogP) is 7.24. The summed E-state index contributed by atoms with van der Waals surface area (Å²) in [6.45, 7) is 9.91. The molecule has 1 N–H and O–H groups in total. The minimum absolute atomic E-state index is 0.251. The lowest BCUT2D eigenvalue weighted by atomic mass is 9.83. The van der Waals surface area contributed by atoms with E-state index < -0.39 is 23.5 Å². The number of carboxylic acids is 1. The molecule has 0 aliphatic carbocycles. The maximum absolute atomic E-state index is 15.6. The van der Waals surface area contributed by atoms with Crippen LogP contribution in [0.25, 0.3) is 11.1 Å². The van der Waals surface area contributed by atoms with Crippen LogP contribution in [0.3, 0.4) is 0 Å². The molecule has 1 amide bonds. The number of methoxy groups -OCH3 is 1. The molecule has 2 aliphatic heterocycles. The van der Waals surface area contributed by atoms with Crippen molar-refractivity contribution < 1.29 is 33.3 Å². The van der Waals surface area contributed by atoms with Crippen molar-refractivity contribution in [2.24, 2.45) is 0 Å². The first-order chi connectivity index (χ1) is 19.8. The number of ether oxygens (including phenoxy) is 3. The van der Waals surface area contributed by atoms with Gasteiger partial charge in [0.2, 0.25) is 0 Å². The van der Waals surface area contributed by atoms with E-state index in [1.165, 1.54) is 13.2 Å². The van der Waals surface area contributed by atoms with E-state index in [2.05, 4.69) is 0 Å². The predicted molar refractivity (Wildman–Crippen MR) is 160 cm³/mol. The first-order valence-corrected chi connectivity index (χ1v) is 14.4. The Balaban J connectivity index is 1.77. The van der Waals surface area contributed by atoms with Crippen molar-refractivity contribution in [3.63, 3.8) is 0 Å². The Bertz CT molecular complexity index is 1590. The zero-order chi connectivity index (χ0) is 30.5. The van der Waals surface area contributed by atoms with Crippen molar-refractivity contribution >= 4 is 29.2 Å². The minimum Gasteiger partial charge on any atom is -0.496 e. The van der Waals surface area contributed by atoms with Crippen molar-refractivity contribution in [1.82, 2.24) is 0 Å². The number of rotatable bonds is 6. The molecule has 1 atom stereocenters. The summed E-state index contributed by atoms with van der Waals surface area (Å²) in [6, 6.07) is 8.12. The summed E-state index contributed by atoms with van der Waals surface area (Å²) in [7, 11) is 1.48. The third kappa shape index (κ3) is 5.34. The molecular weight excluding hydrogens is 561 g/mol. The SMILES string of the molecule is COc1cc(Cl)ccc1C(=O)N1CCc2c1cc(C)c([C@H](OC(C)(C)C)C(=O)O)c2-c1cc(F)c2c(c1C)CCCO2. The van der Waals surface area contributed by atoms with Crippen LogP contribution in [0.1, 0.15) is 71.5 Å². The van der Waals surface area contributed by atoms with Gasteiger partial charge in [-0.2, -0.15) is 0 Å². The molecule has 0 fully saturated rings. The smallest absolute Gasteiger partial charge is 0.337 e. The number of amides is 1. The highest BCUT2D eigenvalue weighted by atomic mass is 35.5. The van der Waals surface area contributed by atoms with E-state index in [0.29, 0.717) is 70.3 Å². The standard InChI is InChI=1S/C33H35ClFNO6/c1-17-14-25-21(11-12-36(25)31(37)22-10-9-19(34)15-26(22)40-6)28(27(17)30(32(38)39)42-33(3,4)5)23-16-24(35)29-20(18(23)2)8-7-13-41-29/h9-10,14-16,30H,7-8,11-13H2,1-6H3,(H,38,39)/t30-/m0/s1. The second-order valence-corrected chi connectivity index (χ2v) is 12.2. The number of carboxylic acid groups (broad SMARTS) is 1. The summed E-state index contributed by atoms with van der Waals surface area (Å²) < 4.78 is 32.9. The number of halogens is 2. The summed E-state index contributed by atoms with van der Waals surface area (Å²) in [5.74, 6) is -1.31. The molecule has 5 rings (SSSR count). The van der Waals surface area contributed by atoms with Crippen LogP contribution < -0.4 is 14.4 Å². The van der Waals surface area contributed by atoms with E-state index in [1.807, 2.05) is 13.0 Å². The van der Waals surface area contributed by atoms with Crippen LogP contribution in [0.15, 0.2) is 30.3 Å². The van der Waals surface area contributed by atoms with Gasteiger partial charge in [-0.05, 0) is 112 Å². The summed E-state index contributed by atoms with van der Waals surface area (Å²) >= 11 is 6.14. The highest BCUT2D eigenvalue weighted by molar-refractivity contribution is 6.31. The van der Waals surface area contributed by atoms with Gasteiger partial charge in [0, 0.05) is 28.4 Å². The Morgan fingerprint density at radius 1 is 1.12 bits per heavy atom. The molecule has 222 valence electrons. The highest BCUT2D eigenvalue weighted by Crippen LogP contribution is 2.48. The first-order valence-electron chi connectivity index (χ1n) is 14.0. The maximum atomic E-state index is 15.6. The van der Waals surface area contributed by atoms with Gasteiger partial charge in [-0.25, -0.2) is 9.18 Å². The quantitative estimate of drug-likeness (QED) is 0.323. The van der Waals surface area contributed by atoms with Crippen molar-refractivity contribution in [1.29, 1.82) is 0 Å². The maximum Gasteiger partial charge on any atom is 0.337 e. The van der Waals surface area contributed by atoms with Gasteiger partial charge in [-0.15, -0.1) is 0 Å². The minimum atomic E-state index is -1.32. The number of aliphatic carboxylic acids is 1. The fourth-order valence-electron chi connectivity index (χ4n) is 6.04. The van der Waals surface area contributed by atoms with Gasteiger partial charge in [0.15, 0.2) is 17.7 Å². The number of carbonyl (C=O) groups excluding carboxylic acids is 1. The Hall–Kier alpha value is -3.62. The molecule has 0 saturated heterocycles. The molecule has 0 bridgehead atoms. The molecule has 42 heavy (non-hydrogen) atoms. The van der Waals surface area contributed by atoms with Crippen molar-refractivity contribution in [2.75, 3.05) is 25.2 Å². The Morgan fingerprint density at radius 2 is 1.86 bits per heavy atom. The number of benzene rings is 3. The molecular formula is C33H35ClFNO6. The molecule has 7 nitrogen and oxygen atoms in total. The fourth-order valence-corrected chi connectivity index (χ4v) is 6.21. The fraction of sp³-hybridized carbons (Fsp3) is 0.394. The van der Waals surface area contributed by atoms with Crippen molar-refractivity contribution in [2.45, 2.75) is 65.6 Å². The average molecular weight is 596 g/mol. The number of hydrogen-bond donors (Lipinski definition) is 1. The monoisotopic (exact) mass is 595 g/mol. The molecule has 0 spiro atoms. The highest BCUT2D eigenvalue weighted by Gasteiger charge is 2.37. The summed E-state index contributed by atoms with van der Waals surface area (Å²) in [5, 5.41) is 10.9. The number of nitrogens with zero attached hydrogens (tertiary/aromatic N) is 1. The van der Waals surface area contributed by atoms with E-state index in [1.54, 1.807) is 50.8 Å². The number of carbonyl (C=O) groups is 2. The lowest BCUT2D eigenvalue weighted by molar-refractivity contribution is -0.160. The summed E-state index contributed by atoms with van der Waals surface area (Å²) in [6.07, 6.45) is 0.528. The van der Waals surface area contributed by atoms with Crippen molar-refractivity contribution in [3.05, 3.63) is 74.6 Å². The van der Waals surface area contributed by atoms with Gasteiger partial charge in [-0.3, -0.25) is 4.79 Å². The topological polar surface area (TPSA) is 85.3 Å². The molecule has 2 aliphatic rings. The summed E-state index contributed by atoms with van der Waals surface area (Å²) in [5.41, 5.74) is 4.82. The van der Waals surface area contributed by atoms with E-state index in [9.17, 15) is 14.7 Å². The largest absolute Gasteiger partial charge is 0.496 e. The van der Waals surface area contributed by atoms with E-state index >= 15 is 4.39 Å². The normalized spacial score (nSPS) is 15.1. The second-order valence-electron chi connectivity index (χ2n) is 11.8. The number of fused-ring (bicyclic) bond motifs is 2. The Kier molecular flexibility index (Phi) is 7.98. The van der Waals surface area contributed by atoms with E-state index in [0.717, 1.165) is 23.1 Å². The van der Waals surface area contributed by atoms with Gasteiger partial charge in [0.25, 0.3) is 5.91 Å². The third-order valence-electron chi connectivity index (χ3n) is 7.84. The molecule has 0 radical (unpaired) electrons. The zero-order valence-electron chi connectivity index (χ0n) is 24.7. The lowest BCUT2D eigenvalue weighted by Crippen LogP contribution is -2.30. The number of aryl methyl sites for hydroxylation is 1. The molecule has 0 saturated carbocycles. The van der Waals surface area contributed by atoms with E-state index in [4.69, 9.17) is 25.8 Å². The Morgan fingerprint density at radius 3 is 2.52 bits per heavy atom. The first kappa shape index (κ1) is 29.9. The van der Waals surface area contributed by atoms with Crippen LogP contribution in [-0.2, 0) is 22.4 Å². The zero-order valence-corrected chi connectivity index (χ0v) is 25.4. The second kappa shape index (κ2) is 11.2. The molecule has 0 unspecified atom stereocenters. The molecule has 3 aromatic rings. The Labute approximate surface area is 250 Å². The van der Waals surface area contributed by atoms with Gasteiger partial charge in [0.1, 0.15) is 5.75 Å². The number of anilines is 1. The van der Waals surface area contributed by atoms with Gasteiger partial charge >= 0.3 is 5.97 Å². The molecule has 9 heteroatoms. The summed E-state index contributed by atoms with van der Waals surface area (Å²) in [4.78, 5) is 28.3. The van der Waals surface area contributed by atoms with Crippen LogP contribution >= 0.6 is 11.6 Å². The average Bonchev–Trinajstić information content (AvgIpc) is 3.35. The van der Waals surface area contributed by atoms with Gasteiger partial charge in [0.05, 0.1) is 24.9 Å². The van der Waals surface area contributed by atoms with Crippen LogP contribution in [-0.4, -0.2) is 42.8 Å².